The van der Waals surface area contributed by atoms with Crippen LogP contribution in [0.4, 0.5) is 15.2 Å². The predicted octanol–water partition coefficient (Wildman–Crippen LogP) is 2.97. The molecule has 0 saturated heterocycles. The summed E-state index contributed by atoms with van der Waals surface area (Å²) in [5.74, 6) is -0.498. The van der Waals surface area contributed by atoms with Crippen molar-refractivity contribution in [3.63, 3.8) is 0 Å². The summed E-state index contributed by atoms with van der Waals surface area (Å²) in [5.41, 5.74) is -0.170. The Kier molecular flexibility index (Phi) is 6.95. The molecular weight excluding hydrogens is 399 g/mol. The molecule has 1 amide bonds. The number of carbonyl (C=O) groups is 1. The molecule has 1 aromatic heterocycles. The number of amides is 1. The number of nitrogens with one attached hydrogen (secondary N) is 1. The minimum Gasteiger partial charge on any atom is -0.299 e. The van der Waals surface area contributed by atoms with Crippen molar-refractivity contribution in [1.82, 2.24) is 10.2 Å². The average molecular weight is 419 g/mol. The Morgan fingerprint density at radius 1 is 1.35 bits per heavy atom. The van der Waals surface area contributed by atoms with Gasteiger partial charge in [-0.15, -0.1) is 10.2 Å². The van der Waals surface area contributed by atoms with Crippen LogP contribution in [0.3, 0.4) is 0 Å². The predicted molar refractivity (Wildman–Crippen MR) is 103 cm³/mol. The van der Waals surface area contributed by atoms with Crippen molar-refractivity contribution < 1.29 is 17.6 Å². The topological polar surface area (TPSA) is 92.3 Å². The molecular formula is C15H19FN4O3S3. The highest BCUT2D eigenvalue weighted by molar-refractivity contribution is 8.01. The van der Waals surface area contributed by atoms with Crippen molar-refractivity contribution in [3.8, 4) is 0 Å². The van der Waals surface area contributed by atoms with E-state index in [0.717, 1.165) is 22.4 Å². The maximum Gasteiger partial charge on any atom is 0.250 e. The summed E-state index contributed by atoms with van der Waals surface area (Å²) < 4.78 is 40.3. The van der Waals surface area contributed by atoms with E-state index in [1.165, 1.54) is 41.3 Å². The maximum absolute atomic E-state index is 14.2. The number of aromatic nitrogens is 2. The Morgan fingerprint density at radius 2 is 2.04 bits per heavy atom. The number of hydrogen-bond donors (Lipinski definition) is 1. The third-order valence-corrected chi connectivity index (χ3v) is 6.34. The van der Waals surface area contributed by atoms with E-state index >= 15 is 0 Å². The van der Waals surface area contributed by atoms with Crippen LogP contribution in [0.25, 0.3) is 0 Å². The highest BCUT2D eigenvalue weighted by atomic mass is 32.2. The quantitative estimate of drug-likeness (QED) is 0.523. The molecule has 11 heteroatoms. The first kappa shape index (κ1) is 20.6. The monoisotopic (exact) mass is 418 g/mol. The van der Waals surface area contributed by atoms with Gasteiger partial charge in [-0.2, -0.15) is 0 Å². The average Bonchev–Trinajstić information content (AvgIpc) is 2.99. The first-order chi connectivity index (χ1) is 12.3. The molecule has 0 fully saturated rings. The van der Waals surface area contributed by atoms with Crippen LogP contribution in [0.15, 0.2) is 28.6 Å². The summed E-state index contributed by atoms with van der Waals surface area (Å²) in [6.07, 6.45) is 1.10. The third-order valence-electron chi connectivity index (χ3n) is 3.32. The van der Waals surface area contributed by atoms with Crippen molar-refractivity contribution in [2.24, 2.45) is 0 Å². The zero-order valence-electron chi connectivity index (χ0n) is 14.5. The number of sulfonamides is 1. The molecule has 0 aliphatic heterocycles. The lowest BCUT2D eigenvalue weighted by Crippen LogP contribution is -2.47. The molecule has 1 N–H and O–H groups in total. The van der Waals surface area contributed by atoms with Gasteiger partial charge in [-0.05, 0) is 24.3 Å². The number of para-hydroxylation sites is 1. The number of halogens is 1. The lowest BCUT2D eigenvalue weighted by Gasteiger charge is -2.29. The van der Waals surface area contributed by atoms with E-state index in [2.05, 4.69) is 15.5 Å². The lowest BCUT2D eigenvalue weighted by atomic mass is 10.2. The van der Waals surface area contributed by atoms with Crippen molar-refractivity contribution >= 4 is 49.8 Å². The second-order valence-corrected chi connectivity index (χ2v) is 9.58. The van der Waals surface area contributed by atoms with Crippen LogP contribution in [0.1, 0.15) is 20.3 Å². The molecule has 7 nitrogen and oxygen atoms in total. The largest absolute Gasteiger partial charge is 0.299 e. The molecule has 0 radical (unpaired) electrons. The SMILES string of the molecule is CCSc1nnc(NC(=O)[C@H](CC)N(c2ccccc2F)S(C)(=O)=O)s1. The van der Waals surface area contributed by atoms with Gasteiger partial charge < -0.3 is 0 Å². The van der Waals surface area contributed by atoms with Gasteiger partial charge in [-0.1, -0.05) is 49.1 Å². The summed E-state index contributed by atoms with van der Waals surface area (Å²) in [6, 6.07) is 4.33. The van der Waals surface area contributed by atoms with E-state index in [1.807, 2.05) is 6.92 Å². The lowest BCUT2D eigenvalue weighted by molar-refractivity contribution is -0.117. The Bertz CT molecular complexity index is 873. The number of anilines is 2. The minimum absolute atomic E-state index is 0.155. The number of thioether (sulfide) groups is 1. The van der Waals surface area contributed by atoms with Gasteiger partial charge in [0.15, 0.2) is 4.34 Å². The van der Waals surface area contributed by atoms with Gasteiger partial charge in [0.2, 0.25) is 21.1 Å². The summed E-state index contributed by atoms with van der Waals surface area (Å²) in [6.45, 7) is 3.62. The summed E-state index contributed by atoms with van der Waals surface area (Å²) >= 11 is 2.68. The van der Waals surface area contributed by atoms with Gasteiger partial charge >= 0.3 is 0 Å². The van der Waals surface area contributed by atoms with Crippen molar-refractivity contribution in [1.29, 1.82) is 0 Å². The van der Waals surface area contributed by atoms with Gasteiger partial charge in [-0.25, -0.2) is 12.8 Å². The second kappa shape index (κ2) is 8.78. The molecule has 1 aromatic carbocycles. The van der Waals surface area contributed by atoms with Gasteiger partial charge in [0.05, 0.1) is 11.9 Å². The standard InChI is InChI=1S/C15H19FN4O3S3/c1-4-11(13(21)17-14-18-19-15(25-14)24-5-2)20(26(3,22)23)12-9-7-6-8-10(12)16/h6-9,11H,4-5H2,1-3H3,(H,17,18,21)/t11-/m0/s1. The van der Waals surface area contributed by atoms with E-state index < -0.39 is 27.8 Å². The minimum atomic E-state index is -3.90. The van der Waals surface area contributed by atoms with E-state index in [0.29, 0.717) is 4.34 Å². The summed E-state index contributed by atoms with van der Waals surface area (Å²) in [5, 5.41) is 10.7. The fraction of sp³-hybridized carbons (Fsp3) is 0.400. The second-order valence-electron chi connectivity index (χ2n) is 5.23. The van der Waals surface area contributed by atoms with Crippen LogP contribution < -0.4 is 9.62 Å². The molecule has 2 aromatic rings. The normalized spacial score (nSPS) is 12.6. The smallest absolute Gasteiger partial charge is 0.250 e. The molecule has 1 heterocycles. The fourth-order valence-electron chi connectivity index (χ4n) is 2.30. The Labute approximate surface area is 160 Å². The van der Waals surface area contributed by atoms with Crippen LogP contribution in [0, 0.1) is 5.82 Å². The third kappa shape index (κ3) is 4.92. The van der Waals surface area contributed by atoms with Crippen LogP contribution in [-0.4, -0.2) is 42.6 Å². The van der Waals surface area contributed by atoms with E-state index in [-0.39, 0.29) is 17.2 Å². The number of rotatable bonds is 8. The van der Waals surface area contributed by atoms with E-state index in [1.54, 1.807) is 6.92 Å². The zero-order valence-corrected chi connectivity index (χ0v) is 16.9. The molecule has 26 heavy (non-hydrogen) atoms. The van der Waals surface area contributed by atoms with Crippen LogP contribution in [-0.2, 0) is 14.8 Å². The molecule has 0 aliphatic rings. The van der Waals surface area contributed by atoms with Crippen LogP contribution in [0.5, 0.6) is 0 Å². The summed E-state index contributed by atoms with van der Waals surface area (Å²) in [4.78, 5) is 12.7. The van der Waals surface area contributed by atoms with Crippen LogP contribution >= 0.6 is 23.1 Å². The van der Waals surface area contributed by atoms with Gasteiger partial charge in [0.1, 0.15) is 11.9 Å². The molecule has 0 unspecified atom stereocenters. The summed E-state index contributed by atoms with van der Waals surface area (Å²) in [7, 11) is -3.90. The molecule has 0 spiro atoms. The Morgan fingerprint density at radius 3 is 2.62 bits per heavy atom. The first-order valence-corrected chi connectivity index (χ1v) is 11.4. The number of hydrogen-bond acceptors (Lipinski definition) is 7. The maximum atomic E-state index is 14.2. The molecule has 1 atom stereocenters. The molecule has 142 valence electrons. The van der Waals surface area contributed by atoms with Crippen molar-refractivity contribution in [2.75, 3.05) is 21.6 Å². The molecule has 2 rings (SSSR count). The highest BCUT2D eigenvalue weighted by Crippen LogP contribution is 2.28. The number of benzene rings is 1. The van der Waals surface area contributed by atoms with Gasteiger partial charge in [0, 0.05) is 0 Å². The molecule has 0 bridgehead atoms. The Hall–Kier alpha value is -1.72. The van der Waals surface area contributed by atoms with Crippen molar-refractivity contribution in [3.05, 3.63) is 30.1 Å². The van der Waals surface area contributed by atoms with Gasteiger partial charge in [-0.3, -0.25) is 14.4 Å². The van der Waals surface area contributed by atoms with Gasteiger partial charge in [0.25, 0.3) is 0 Å². The van der Waals surface area contributed by atoms with E-state index in [4.69, 9.17) is 0 Å². The molecule has 0 saturated carbocycles. The number of nitrogens with zero attached hydrogens (tertiary/aromatic N) is 3. The first-order valence-electron chi connectivity index (χ1n) is 7.79. The highest BCUT2D eigenvalue weighted by Gasteiger charge is 2.33. The van der Waals surface area contributed by atoms with Crippen LogP contribution in [0.2, 0.25) is 0 Å². The molecule has 0 aliphatic carbocycles. The van der Waals surface area contributed by atoms with Crippen molar-refractivity contribution in [2.45, 2.75) is 30.6 Å². The Balaban J connectivity index is 2.32. The zero-order chi connectivity index (χ0) is 19.3. The number of carbonyl (C=O) groups excluding carboxylic acids is 1. The van der Waals surface area contributed by atoms with E-state index in [9.17, 15) is 17.6 Å². The fourth-order valence-corrected chi connectivity index (χ4v) is 5.16.